The second kappa shape index (κ2) is 12.5. The molecule has 1 aromatic heterocycles. The third kappa shape index (κ3) is 4.88. The van der Waals surface area contributed by atoms with Crippen LogP contribution in [0.5, 0.6) is 0 Å². The van der Waals surface area contributed by atoms with Gasteiger partial charge in [0.05, 0.1) is 33.8 Å². The SMILES string of the molecule is c1ccc(-c2ccccc2N(c2cccc3ccccc23)c2cccc3c2c2ccccc2n3-c2ccccc2-c2ccc3ccccc3c2)cc1. The van der Waals surface area contributed by atoms with Crippen molar-refractivity contribution < 1.29 is 0 Å². The maximum absolute atomic E-state index is 2.49. The Balaban J connectivity index is 1.29. The standard InChI is InChI=1S/C50H34N2/c1-2-17-36(18-3-1)40-23-8-11-26-44(40)51(46-29-14-21-37-19-6-7-22-41(37)46)48-30-15-31-49-50(48)43-25-10-13-28-47(43)52(49)45-27-12-9-24-42(45)39-33-32-35-16-4-5-20-38(35)34-39/h1-34H. The lowest BCUT2D eigenvalue weighted by atomic mass is 9.99. The molecule has 0 aliphatic heterocycles. The Hall–Kier alpha value is -6.90. The minimum atomic E-state index is 1.13. The summed E-state index contributed by atoms with van der Waals surface area (Å²) in [4.78, 5) is 2.49. The molecule has 2 nitrogen and oxygen atoms in total. The highest BCUT2D eigenvalue weighted by Crippen LogP contribution is 2.48. The first kappa shape index (κ1) is 30.0. The van der Waals surface area contributed by atoms with E-state index in [1.165, 1.54) is 60.1 Å². The molecule has 0 saturated carbocycles. The molecule has 0 saturated heterocycles. The fraction of sp³-hybridized carbons (Fsp3) is 0. The van der Waals surface area contributed by atoms with E-state index in [1.807, 2.05) is 0 Å². The summed E-state index contributed by atoms with van der Waals surface area (Å²) in [5.41, 5.74) is 11.7. The first-order chi connectivity index (χ1) is 25.8. The van der Waals surface area contributed by atoms with Crippen molar-refractivity contribution in [1.29, 1.82) is 0 Å². The zero-order chi connectivity index (χ0) is 34.4. The monoisotopic (exact) mass is 662 g/mol. The van der Waals surface area contributed by atoms with E-state index >= 15 is 0 Å². The first-order valence-electron chi connectivity index (χ1n) is 17.9. The van der Waals surface area contributed by atoms with Gasteiger partial charge >= 0.3 is 0 Å². The van der Waals surface area contributed by atoms with E-state index in [-0.39, 0.29) is 0 Å². The molecule has 10 aromatic rings. The molecule has 0 spiro atoms. The fourth-order valence-electron chi connectivity index (χ4n) is 8.04. The van der Waals surface area contributed by atoms with Crippen LogP contribution in [-0.4, -0.2) is 4.57 Å². The molecule has 52 heavy (non-hydrogen) atoms. The van der Waals surface area contributed by atoms with Gasteiger partial charge in [0.2, 0.25) is 0 Å². The normalized spacial score (nSPS) is 11.5. The number of hydrogen-bond acceptors (Lipinski definition) is 1. The summed E-state index contributed by atoms with van der Waals surface area (Å²) in [5.74, 6) is 0. The van der Waals surface area contributed by atoms with Crippen molar-refractivity contribution in [1.82, 2.24) is 4.57 Å². The van der Waals surface area contributed by atoms with Crippen molar-refractivity contribution in [3.8, 4) is 27.9 Å². The highest BCUT2D eigenvalue weighted by atomic mass is 15.2. The van der Waals surface area contributed by atoms with Gasteiger partial charge in [0.15, 0.2) is 0 Å². The Morgan fingerprint density at radius 2 is 0.923 bits per heavy atom. The maximum Gasteiger partial charge on any atom is 0.0562 e. The number of fused-ring (bicyclic) bond motifs is 5. The predicted octanol–water partition coefficient (Wildman–Crippen LogP) is 13.9. The summed E-state index contributed by atoms with van der Waals surface area (Å²) < 4.78 is 2.46. The van der Waals surface area contributed by atoms with E-state index in [1.54, 1.807) is 0 Å². The van der Waals surface area contributed by atoms with Gasteiger partial charge in [-0.05, 0) is 69.8 Å². The van der Waals surface area contributed by atoms with Gasteiger partial charge in [-0.2, -0.15) is 0 Å². The first-order valence-corrected chi connectivity index (χ1v) is 17.9. The molecule has 0 aliphatic carbocycles. The Morgan fingerprint density at radius 3 is 1.81 bits per heavy atom. The fourth-order valence-corrected chi connectivity index (χ4v) is 8.04. The summed E-state index contributed by atoms with van der Waals surface area (Å²) >= 11 is 0. The van der Waals surface area contributed by atoms with E-state index in [0.717, 1.165) is 28.3 Å². The lowest BCUT2D eigenvalue weighted by Gasteiger charge is -2.30. The summed E-state index contributed by atoms with van der Waals surface area (Å²) in [7, 11) is 0. The number of benzene rings is 9. The lowest BCUT2D eigenvalue weighted by molar-refractivity contribution is 1.18. The molecule has 9 aromatic carbocycles. The molecular weight excluding hydrogens is 629 g/mol. The molecule has 0 N–H and O–H groups in total. The van der Waals surface area contributed by atoms with Crippen molar-refractivity contribution in [3.05, 3.63) is 206 Å². The van der Waals surface area contributed by atoms with E-state index < -0.39 is 0 Å². The third-order valence-electron chi connectivity index (χ3n) is 10.4. The predicted molar refractivity (Wildman–Crippen MR) is 221 cm³/mol. The molecule has 0 bridgehead atoms. The van der Waals surface area contributed by atoms with Crippen LogP contribution < -0.4 is 4.90 Å². The van der Waals surface area contributed by atoms with Gasteiger partial charge in [-0.3, -0.25) is 0 Å². The zero-order valence-corrected chi connectivity index (χ0v) is 28.5. The van der Waals surface area contributed by atoms with Gasteiger partial charge in [-0.15, -0.1) is 0 Å². The number of hydrogen-bond donors (Lipinski definition) is 0. The zero-order valence-electron chi connectivity index (χ0n) is 28.5. The molecule has 1 heterocycles. The molecule has 0 unspecified atom stereocenters. The minimum absolute atomic E-state index is 1.13. The molecule has 244 valence electrons. The Bertz CT molecular complexity index is 2910. The minimum Gasteiger partial charge on any atom is -0.309 e. The number of anilines is 3. The number of para-hydroxylation sites is 3. The lowest BCUT2D eigenvalue weighted by Crippen LogP contribution is -2.12. The summed E-state index contributed by atoms with van der Waals surface area (Å²) in [6.07, 6.45) is 0. The molecule has 0 aliphatic rings. The van der Waals surface area contributed by atoms with Crippen LogP contribution in [0.15, 0.2) is 206 Å². The number of nitrogens with zero attached hydrogens (tertiary/aromatic N) is 2. The second-order valence-electron chi connectivity index (χ2n) is 13.3. The molecule has 0 radical (unpaired) electrons. The van der Waals surface area contributed by atoms with E-state index in [0.29, 0.717) is 0 Å². The van der Waals surface area contributed by atoms with Gasteiger partial charge in [-0.1, -0.05) is 164 Å². The largest absolute Gasteiger partial charge is 0.309 e. The number of aromatic nitrogens is 1. The van der Waals surface area contributed by atoms with Crippen molar-refractivity contribution in [2.75, 3.05) is 4.90 Å². The van der Waals surface area contributed by atoms with Crippen molar-refractivity contribution in [2.24, 2.45) is 0 Å². The number of rotatable bonds is 6. The maximum atomic E-state index is 2.49. The smallest absolute Gasteiger partial charge is 0.0562 e. The average Bonchev–Trinajstić information content (AvgIpc) is 3.56. The third-order valence-corrected chi connectivity index (χ3v) is 10.4. The summed E-state index contributed by atoms with van der Waals surface area (Å²) in [5, 5.41) is 7.32. The van der Waals surface area contributed by atoms with Crippen LogP contribution in [0.3, 0.4) is 0 Å². The summed E-state index contributed by atoms with van der Waals surface area (Å²) in [6.45, 7) is 0. The van der Waals surface area contributed by atoms with Gasteiger partial charge < -0.3 is 9.47 Å². The highest BCUT2D eigenvalue weighted by Gasteiger charge is 2.24. The molecular formula is C50H34N2. The van der Waals surface area contributed by atoms with Crippen LogP contribution in [-0.2, 0) is 0 Å². The van der Waals surface area contributed by atoms with E-state index in [9.17, 15) is 0 Å². The van der Waals surface area contributed by atoms with Crippen molar-refractivity contribution >= 4 is 60.4 Å². The quantitative estimate of drug-likeness (QED) is 0.172. The topological polar surface area (TPSA) is 8.17 Å². The van der Waals surface area contributed by atoms with Crippen molar-refractivity contribution in [3.63, 3.8) is 0 Å². The van der Waals surface area contributed by atoms with Crippen LogP contribution >= 0.6 is 0 Å². The van der Waals surface area contributed by atoms with Crippen molar-refractivity contribution in [2.45, 2.75) is 0 Å². The average molecular weight is 663 g/mol. The highest BCUT2D eigenvalue weighted by molar-refractivity contribution is 6.18. The molecule has 2 heteroatoms. The molecule has 10 rings (SSSR count). The van der Waals surface area contributed by atoms with Gasteiger partial charge in [0.25, 0.3) is 0 Å². The van der Waals surface area contributed by atoms with Crippen LogP contribution in [0.2, 0.25) is 0 Å². The molecule has 0 amide bonds. The van der Waals surface area contributed by atoms with Gasteiger partial charge in [0, 0.05) is 27.3 Å². The molecule has 0 atom stereocenters. The Labute approximate surface area is 303 Å². The van der Waals surface area contributed by atoms with Crippen LogP contribution in [0.1, 0.15) is 0 Å². The van der Waals surface area contributed by atoms with Gasteiger partial charge in [-0.25, -0.2) is 0 Å². The molecule has 0 fully saturated rings. The second-order valence-corrected chi connectivity index (χ2v) is 13.3. The summed E-state index contributed by atoms with van der Waals surface area (Å²) in [6, 6.07) is 74.7. The Kier molecular flexibility index (Phi) is 7.18. The van der Waals surface area contributed by atoms with E-state index in [2.05, 4.69) is 216 Å². The Morgan fingerprint density at radius 1 is 0.327 bits per heavy atom. The van der Waals surface area contributed by atoms with Crippen LogP contribution in [0, 0.1) is 0 Å². The van der Waals surface area contributed by atoms with Gasteiger partial charge in [0.1, 0.15) is 0 Å². The van der Waals surface area contributed by atoms with Crippen LogP contribution in [0.25, 0.3) is 71.3 Å². The van der Waals surface area contributed by atoms with Crippen LogP contribution in [0.4, 0.5) is 17.1 Å². The van der Waals surface area contributed by atoms with E-state index in [4.69, 9.17) is 0 Å².